The summed E-state index contributed by atoms with van der Waals surface area (Å²) >= 11 is 0. The van der Waals surface area contributed by atoms with Gasteiger partial charge in [-0.05, 0) is 6.07 Å². The number of ether oxygens (including phenoxy) is 1. The molecule has 1 rings (SSSR count). The van der Waals surface area contributed by atoms with E-state index in [0.29, 0.717) is 0 Å². The topological polar surface area (TPSA) is 106 Å². The summed E-state index contributed by atoms with van der Waals surface area (Å²) in [6, 6.07) is 1.42. The average Bonchev–Trinajstić information content (AvgIpc) is 2.26. The van der Waals surface area contributed by atoms with E-state index in [1.54, 1.807) is 0 Å². The summed E-state index contributed by atoms with van der Waals surface area (Å²) in [5, 5.41) is 19.0. The first-order valence-corrected chi connectivity index (χ1v) is 4.21. The lowest BCUT2D eigenvalue weighted by atomic mass is 10.0. The van der Waals surface area contributed by atoms with E-state index in [1.165, 1.54) is 18.5 Å². The summed E-state index contributed by atoms with van der Waals surface area (Å²) in [4.78, 5) is 14.7. The van der Waals surface area contributed by atoms with Gasteiger partial charge in [-0.25, -0.2) is 4.79 Å². The smallest absolute Gasteiger partial charge is 0.337 e. The molecular weight excluding hydrogens is 200 g/mol. The van der Waals surface area contributed by atoms with Crippen LogP contribution in [-0.2, 0) is 9.53 Å². The first-order valence-electron chi connectivity index (χ1n) is 4.21. The first kappa shape index (κ1) is 11.4. The van der Waals surface area contributed by atoms with Gasteiger partial charge in [-0.15, -0.1) is 0 Å². The Morgan fingerprint density at radius 3 is 2.80 bits per heavy atom. The van der Waals surface area contributed by atoms with Crippen LogP contribution in [0, 0.1) is 0 Å². The predicted octanol–water partition coefficient (Wildman–Crippen LogP) is -0.769. The number of rotatable bonds is 3. The molecule has 0 bridgehead atoms. The fourth-order valence-corrected chi connectivity index (χ4v) is 1.11. The number of esters is 1. The maximum absolute atomic E-state index is 10.9. The van der Waals surface area contributed by atoms with Gasteiger partial charge in [0.25, 0.3) is 0 Å². The zero-order chi connectivity index (χ0) is 11.4. The number of nitrogens with two attached hydrogens (primary N) is 1. The summed E-state index contributed by atoms with van der Waals surface area (Å²) in [6.07, 6.45) is -0.346. The number of carbonyl (C=O) groups is 1. The highest BCUT2D eigenvalue weighted by molar-refractivity contribution is 5.75. The molecule has 0 aliphatic rings. The lowest BCUT2D eigenvalue weighted by molar-refractivity contribution is -0.156. The third-order valence-electron chi connectivity index (χ3n) is 1.95. The number of nitrogens with zero attached hydrogens (tertiary/aromatic N) is 1. The number of anilines is 1. The molecule has 0 saturated carbocycles. The molecule has 0 aromatic carbocycles. The molecule has 6 heteroatoms. The van der Waals surface area contributed by atoms with Crippen LogP contribution in [0.4, 0.5) is 5.69 Å². The number of carbonyl (C=O) groups excluding carboxylic acids is 1. The lowest BCUT2D eigenvalue weighted by Crippen LogP contribution is -2.29. The molecule has 0 aliphatic heterocycles. The molecule has 0 radical (unpaired) electrons. The molecule has 4 N–H and O–H groups in total. The van der Waals surface area contributed by atoms with Gasteiger partial charge in [-0.2, -0.15) is 0 Å². The van der Waals surface area contributed by atoms with Crippen LogP contribution in [0.25, 0.3) is 0 Å². The number of hydrogen-bond acceptors (Lipinski definition) is 6. The Balaban J connectivity index is 2.89. The van der Waals surface area contributed by atoms with Crippen molar-refractivity contribution in [2.45, 2.75) is 12.2 Å². The van der Waals surface area contributed by atoms with E-state index in [1.807, 2.05) is 0 Å². The normalized spacial score (nSPS) is 14.3. The van der Waals surface area contributed by atoms with Crippen LogP contribution in [-0.4, -0.2) is 34.4 Å². The number of methoxy groups -OCH3 is 1. The Kier molecular flexibility index (Phi) is 3.59. The van der Waals surface area contributed by atoms with E-state index < -0.39 is 18.2 Å². The maximum atomic E-state index is 10.9. The number of aromatic nitrogens is 1. The van der Waals surface area contributed by atoms with Crippen molar-refractivity contribution in [2.24, 2.45) is 0 Å². The fourth-order valence-electron chi connectivity index (χ4n) is 1.11. The minimum Gasteiger partial charge on any atom is -0.467 e. The molecule has 2 atom stereocenters. The molecule has 0 aliphatic carbocycles. The Labute approximate surface area is 86.3 Å². The summed E-state index contributed by atoms with van der Waals surface area (Å²) in [5.74, 6) is -0.918. The van der Waals surface area contributed by atoms with E-state index in [9.17, 15) is 15.0 Å². The van der Waals surface area contributed by atoms with Gasteiger partial charge in [0.1, 0.15) is 6.10 Å². The van der Waals surface area contributed by atoms with Crippen molar-refractivity contribution in [3.8, 4) is 0 Å². The van der Waals surface area contributed by atoms with Gasteiger partial charge in [0.2, 0.25) is 0 Å². The molecule has 82 valence electrons. The van der Waals surface area contributed by atoms with Crippen molar-refractivity contribution >= 4 is 11.7 Å². The van der Waals surface area contributed by atoms with E-state index in [2.05, 4.69) is 9.72 Å². The quantitative estimate of drug-likeness (QED) is 0.568. The number of nitrogen functional groups attached to an aromatic ring is 1. The van der Waals surface area contributed by atoms with Gasteiger partial charge in [0.15, 0.2) is 6.10 Å². The van der Waals surface area contributed by atoms with Crippen LogP contribution >= 0.6 is 0 Å². The van der Waals surface area contributed by atoms with Gasteiger partial charge < -0.3 is 20.7 Å². The highest BCUT2D eigenvalue weighted by Crippen LogP contribution is 2.22. The Morgan fingerprint density at radius 2 is 2.27 bits per heavy atom. The van der Waals surface area contributed by atoms with Crippen LogP contribution in [0.1, 0.15) is 11.7 Å². The molecule has 2 unspecified atom stereocenters. The van der Waals surface area contributed by atoms with Crippen molar-refractivity contribution in [1.82, 2.24) is 4.98 Å². The zero-order valence-electron chi connectivity index (χ0n) is 8.12. The molecule has 1 aromatic heterocycles. The molecular formula is C9H12N2O4. The van der Waals surface area contributed by atoms with E-state index in [4.69, 9.17) is 5.73 Å². The molecule has 15 heavy (non-hydrogen) atoms. The van der Waals surface area contributed by atoms with Crippen LogP contribution in [0.3, 0.4) is 0 Å². The standard InChI is InChI=1S/C9H12N2O4/c1-15-9(14)8(13)7(12)5-2-3-11-4-6(5)10/h2-4,7-8,12-13H,10H2,1H3. The maximum Gasteiger partial charge on any atom is 0.337 e. The van der Waals surface area contributed by atoms with Crippen molar-refractivity contribution in [1.29, 1.82) is 0 Å². The van der Waals surface area contributed by atoms with E-state index >= 15 is 0 Å². The Morgan fingerprint density at radius 1 is 1.60 bits per heavy atom. The van der Waals surface area contributed by atoms with Gasteiger partial charge in [0, 0.05) is 11.8 Å². The summed E-state index contributed by atoms with van der Waals surface area (Å²) in [5.41, 5.74) is 5.96. The van der Waals surface area contributed by atoms with Gasteiger partial charge in [-0.3, -0.25) is 4.98 Å². The Bertz CT molecular complexity index is 356. The molecule has 1 aromatic rings. The predicted molar refractivity (Wildman–Crippen MR) is 51.6 cm³/mol. The van der Waals surface area contributed by atoms with Gasteiger partial charge in [-0.1, -0.05) is 0 Å². The van der Waals surface area contributed by atoms with Gasteiger partial charge >= 0.3 is 5.97 Å². The SMILES string of the molecule is COC(=O)C(O)C(O)c1ccncc1N. The number of hydrogen-bond donors (Lipinski definition) is 3. The zero-order valence-corrected chi connectivity index (χ0v) is 8.12. The summed E-state index contributed by atoms with van der Waals surface area (Å²) < 4.78 is 4.29. The van der Waals surface area contributed by atoms with Crippen LogP contribution in [0.5, 0.6) is 0 Å². The third kappa shape index (κ3) is 2.42. The van der Waals surface area contributed by atoms with Crippen molar-refractivity contribution in [2.75, 3.05) is 12.8 Å². The molecule has 0 saturated heterocycles. The fraction of sp³-hybridized carbons (Fsp3) is 0.333. The second-order valence-electron chi connectivity index (χ2n) is 2.92. The highest BCUT2D eigenvalue weighted by Gasteiger charge is 2.27. The molecule has 1 heterocycles. The minimum absolute atomic E-state index is 0.202. The second kappa shape index (κ2) is 4.72. The number of aliphatic hydroxyl groups excluding tert-OH is 2. The van der Waals surface area contributed by atoms with Crippen molar-refractivity contribution in [3.05, 3.63) is 24.0 Å². The van der Waals surface area contributed by atoms with Gasteiger partial charge in [0.05, 0.1) is 19.0 Å². The monoisotopic (exact) mass is 212 g/mol. The number of aliphatic hydroxyl groups is 2. The Hall–Kier alpha value is -1.66. The molecule has 0 amide bonds. The summed E-state index contributed by atoms with van der Waals surface area (Å²) in [7, 11) is 1.12. The summed E-state index contributed by atoms with van der Waals surface area (Å²) in [6.45, 7) is 0. The molecule has 6 nitrogen and oxygen atoms in total. The van der Waals surface area contributed by atoms with Crippen molar-refractivity contribution < 1.29 is 19.7 Å². The van der Waals surface area contributed by atoms with Crippen LogP contribution in [0.2, 0.25) is 0 Å². The van der Waals surface area contributed by atoms with Crippen molar-refractivity contribution in [3.63, 3.8) is 0 Å². The second-order valence-corrected chi connectivity index (χ2v) is 2.92. The highest BCUT2D eigenvalue weighted by atomic mass is 16.5. The molecule has 0 fully saturated rings. The van der Waals surface area contributed by atoms with E-state index in [0.717, 1.165) is 7.11 Å². The molecule has 0 spiro atoms. The first-order chi connectivity index (χ1) is 7.07. The largest absolute Gasteiger partial charge is 0.467 e. The third-order valence-corrected chi connectivity index (χ3v) is 1.95. The van der Waals surface area contributed by atoms with Crippen LogP contribution in [0.15, 0.2) is 18.5 Å². The van der Waals surface area contributed by atoms with Crippen LogP contribution < -0.4 is 5.73 Å². The minimum atomic E-state index is -1.65. The number of pyridine rings is 1. The van der Waals surface area contributed by atoms with E-state index in [-0.39, 0.29) is 11.3 Å². The average molecular weight is 212 g/mol. The lowest BCUT2D eigenvalue weighted by Gasteiger charge is -2.16.